The van der Waals surface area contributed by atoms with Crippen molar-refractivity contribution in [3.63, 3.8) is 0 Å². The summed E-state index contributed by atoms with van der Waals surface area (Å²) in [7, 11) is 3.36. The predicted octanol–water partition coefficient (Wildman–Crippen LogP) is 5.61. The summed E-state index contributed by atoms with van der Waals surface area (Å²) in [6, 6.07) is 20.3. The molecular formula is C36H41FN8O2. The van der Waals surface area contributed by atoms with Crippen LogP contribution in [0.3, 0.4) is 0 Å². The van der Waals surface area contributed by atoms with Crippen LogP contribution in [0.5, 0.6) is 5.75 Å². The van der Waals surface area contributed by atoms with E-state index in [2.05, 4.69) is 48.5 Å². The van der Waals surface area contributed by atoms with E-state index in [4.69, 9.17) is 9.72 Å². The van der Waals surface area contributed by atoms with Crippen molar-refractivity contribution in [1.82, 2.24) is 34.8 Å². The van der Waals surface area contributed by atoms with Crippen molar-refractivity contribution in [2.75, 3.05) is 58.3 Å². The number of amides is 1. The van der Waals surface area contributed by atoms with Gasteiger partial charge in [-0.05, 0) is 74.0 Å². The zero-order valence-electron chi connectivity index (χ0n) is 27.0. The predicted molar refractivity (Wildman–Crippen MR) is 182 cm³/mol. The minimum absolute atomic E-state index is 0.00501. The Bertz CT molecular complexity index is 1800. The van der Waals surface area contributed by atoms with Gasteiger partial charge in [-0.2, -0.15) is 15.4 Å². The number of fused-ring (bicyclic) bond motifs is 1. The molecule has 1 fully saturated rings. The van der Waals surface area contributed by atoms with Gasteiger partial charge in [-0.1, -0.05) is 30.3 Å². The highest BCUT2D eigenvalue weighted by Crippen LogP contribution is 2.29. The molecule has 0 aliphatic carbocycles. The van der Waals surface area contributed by atoms with E-state index in [0.29, 0.717) is 30.1 Å². The number of methoxy groups -OCH3 is 1. The van der Waals surface area contributed by atoms with Crippen LogP contribution in [0.25, 0.3) is 22.3 Å². The molecule has 47 heavy (non-hydrogen) atoms. The molecule has 6 rings (SSSR count). The third-order valence-corrected chi connectivity index (χ3v) is 8.93. The first-order chi connectivity index (χ1) is 22.9. The van der Waals surface area contributed by atoms with Gasteiger partial charge in [0.1, 0.15) is 17.3 Å². The average Bonchev–Trinajstić information content (AvgIpc) is 3.70. The SMILES string of the molecule is C=CCn1c(N2CCCN(CCC(CN(C)C(=O)c3cc(-c4cn[nH]n4)ccc3OC)c3ccc(F)cc3)CC2)nc2ccccc21. The first-order valence-electron chi connectivity index (χ1n) is 16.0. The van der Waals surface area contributed by atoms with Crippen LogP contribution in [0.15, 0.2) is 85.6 Å². The van der Waals surface area contributed by atoms with Crippen LogP contribution in [0.4, 0.5) is 10.3 Å². The maximum absolute atomic E-state index is 13.9. The molecule has 10 nitrogen and oxygen atoms in total. The minimum Gasteiger partial charge on any atom is -0.496 e. The van der Waals surface area contributed by atoms with E-state index in [9.17, 15) is 9.18 Å². The molecule has 0 spiro atoms. The summed E-state index contributed by atoms with van der Waals surface area (Å²) >= 11 is 0. The molecule has 1 aliphatic heterocycles. The maximum atomic E-state index is 13.9. The number of para-hydroxylation sites is 2. The van der Waals surface area contributed by atoms with Crippen LogP contribution in [0.1, 0.15) is 34.7 Å². The molecule has 3 aromatic carbocycles. The third kappa shape index (κ3) is 7.20. The van der Waals surface area contributed by atoms with E-state index >= 15 is 0 Å². The Morgan fingerprint density at radius 1 is 1.11 bits per heavy atom. The van der Waals surface area contributed by atoms with E-state index in [1.807, 2.05) is 36.4 Å². The van der Waals surface area contributed by atoms with Crippen molar-refractivity contribution < 1.29 is 13.9 Å². The Balaban J connectivity index is 1.15. The van der Waals surface area contributed by atoms with Gasteiger partial charge in [-0.15, -0.1) is 6.58 Å². The van der Waals surface area contributed by atoms with Gasteiger partial charge in [0.05, 0.1) is 29.9 Å². The fourth-order valence-corrected chi connectivity index (χ4v) is 6.44. The quantitative estimate of drug-likeness (QED) is 0.178. The van der Waals surface area contributed by atoms with Gasteiger partial charge in [0.25, 0.3) is 5.91 Å². The summed E-state index contributed by atoms with van der Waals surface area (Å²) in [5, 5.41) is 10.7. The average molecular weight is 637 g/mol. The van der Waals surface area contributed by atoms with Gasteiger partial charge in [0.2, 0.25) is 5.95 Å². The van der Waals surface area contributed by atoms with E-state index in [1.165, 1.54) is 12.1 Å². The van der Waals surface area contributed by atoms with Crippen molar-refractivity contribution >= 4 is 22.9 Å². The summed E-state index contributed by atoms with van der Waals surface area (Å²) < 4.78 is 21.7. The molecule has 1 atom stereocenters. The summed E-state index contributed by atoms with van der Waals surface area (Å²) in [4.78, 5) is 25.4. The molecule has 3 heterocycles. The van der Waals surface area contributed by atoms with E-state index < -0.39 is 0 Å². The zero-order valence-corrected chi connectivity index (χ0v) is 27.0. The Labute approximate surface area is 274 Å². The van der Waals surface area contributed by atoms with Crippen molar-refractivity contribution in [3.8, 4) is 17.0 Å². The molecular weight excluding hydrogens is 595 g/mol. The number of hydrogen-bond donors (Lipinski definition) is 1. The number of carbonyl (C=O) groups excluding carboxylic acids is 1. The van der Waals surface area contributed by atoms with Crippen molar-refractivity contribution in [2.24, 2.45) is 0 Å². The normalized spacial score (nSPS) is 14.6. The fraction of sp³-hybridized carbons (Fsp3) is 0.333. The molecule has 0 radical (unpaired) electrons. The lowest BCUT2D eigenvalue weighted by atomic mass is 9.94. The monoisotopic (exact) mass is 636 g/mol. The minimum atomic E-state index is -0.276. The standard InChI is InChI=1S/C36H41FN8O2/c1-4-17-45-33-9-6-5-8-31(33)39-36(45)44-19-7-18-43(21-22-44)20-16-28(26-10-13-29(37)14-11-26)25-42(2)35(46)30-23-27(12-15-34(30)47-3)32-24-38-41-40-32/h4-6,8-15,23-24,28H,1,7,16-22,25H2,2-3H3,(H,38,40,41). The number of ether oxygens (including phenoxy) is 1. The number of benzene rings is 3. The lowest BCUT2D eigenvalue weighted by Crippen LogP contribution is -2.35. The molecule has 5 aromatic rings. The van der Waals surface area contributed by atoms with Crippen LogP contribution in [-0.2, 0) is 6.54 Å². The summed E-state index contributed by atoms with van der Waals surface area (Å²) in [6.45, 7) is 9.64. The molecule has 244 valence electrons. The number of likely N-dealkylation sites (N-methyl/N-ethyl adjacent to an activating group) is 1. The second kappa shape index (κ2) is 14.6. The fourth-order valence-electron chi connectivity index (χ4n) is 6.44. The van der Waals surface area contributed by atoms with Crippen LogP contribution in [-0.4, -0.2) is 94.1 Å². The molecule has 1 amide bonds. The zero-order chi connectivity index (χ0) is 32.8. The van der Waals surface area contributed by atoms with Crippen LogP contribution in [0, 0.1) is 5.82 Å². The van der Waals surface area contributed by atoms with Crippen molar-refractivity contribution in [2.45, 2.75) is 25.3 Å². The Morgan fingerprint density at radius 3 is 2.70 bits per heavy atom. The maximum Gasteiger partial charge on any atom is 0.257 e. The highest BCUT2D eigenvalue weighted by Gasteiger charge is 2.25. The number of H-pyrrole nitrogens is 1. The number of aromatic nitrogens is 5. The number of rotatable bonds is 12. The third-order valence-electron chi connectivity index (χ3n) is 8.93. The number of anilines is 1. The Kier molecular flexibility index (Phi) is 9.92. The lowest BCUT2D eigenvalue weighted by Gasteiger charge is -2.28. The summed E-state index contributed by atoms with van der Waals surface area (Å²) in [5.41, 5.74) is 4.97. The Morgan fingerprint density at radius 2 is 1.94 bits per heavy atom. The van der Waals surface area contributed by atoms with Gasteiger partial charge in [0.15, 0.2) is 0 Å². The lowest BCUT2D eigenvalue weighted by molar-refractivity contribution is 0.0779. The number of nitrogens with zero attached hydrogens (tertiary/aromatic N) is 7. The summed E-state index contributed by atoms with van der Waals surface area (Å²) in [6.07, 6.45) is 5.36. The van der Waals surface area contributed by atoms with Crippen molar-refractivity contribution in [3.05, 3.63) is 103 Å². The topological polar surface area (TPSA) is 95.4 Å². The molecule has 0 saturated carbocycles. The van der Waals surface area contributed by atoms with Crippen LogP contribution >= 0.6 is 0 Å². The highest BCUT2D eigenvalue weighted by atomic mass is 19.1. The number of hydrogen-bond acceptors (Lipinski definition) is 7. The second-order valence-corrected chi connectivity index (χ2v) is 12.0. The molecule has 1 saturated heterocycles. The molecule has 11 heteroatoms. The summed E-state index contributed by atoms with van der Waals surface area (Å²) in [5.74, 6) is 1.04. The molecule has 1 unspecified atom stereocenters. The number of aromatic amines is 1. The molecule has 0 bridgehead atoms. The molecule has 2 aromatic heterocycles. The van der Waals surface area contributed by atoms with Gasteiger partial charge in [-0.3, -0.25) is 4.79 Å². The Hall–Kier alpha value is -5.03. The highest BCUT2D eigenvalue weighted by molar-refractivity contribution is 5.98. The smallest absolute Gasteiger partial charge is 0.257 e. The van der Waals surface area contributed by atoms with Gasteiger partial charge >= 0.3 is 0 Å². The van der Waals surface area contributed by atoms with E-state index in [-0.39, 0.29) is 17.6 Å². The van der Waals surface area contributed by atoms with Gasteiger partial charge in [0, 0.05) is 51.3 Å². The molecule has 1 aliphatic rings. The van der Waals surface area contributed by atoms with Crippen LogP contribution in [0.2, 0.25) is 0 Å². The van der Waals surface area contributed by atoms with Crippen molar-refractivity contribution in [1.29, 1.82) is 0 Å². The largest absolute Gasteiger partial charge is 0.496 e. The number of halogens is 1. The number of nitrogens with one attached hydrogen (secondary N) is 1. The first-order valence-corrected chi connectivity index (χ1v) is 16.0. The van der Waals surface area contributed by atoms with E-state index in [1.54, 1.807) is 37.4 Å². The van der Waals surface area contributed by atoms with E-state index in [0.717, 1.165) is 73.7 Å². The second-order valence-electron chi connectivity index (χ2n) is 12.0. The first kappa shape index (κ1) is 31.9. The number of carbonyl (C=O) groups is 1. The number of imidazole rings is 1. The van der Waals surface area contributed by atoms with Gasteiger partial charge < -0.3 is 24.0 Å². The number of allylic oxidation sites excluding steroid dienone is 1. The van der Waals surface area contributed by atoms with Gasteiger partial charge in [-0.25, -0.2) is 9.37 Å². The molecule has 1 N–H and O–H groups in total. The van der Waals surface area contributed by atoms with Crippen LogP contribution < -0.4 is 9.64 Å².